The second kappa shape index (κ2) is 4.80. The molecule has 0 amide bonds. The van der Waals surface area contributed by atoms with Gasteiger partial charge in [-0.05, 0) is 11.3 Å². The lowest BCUT2D eigenvalue weighted by Gasteiger charge is -2.29. The molecule has 1 aromatic rings. The lowest BCUT2D eigenvalue weighted by atomic mass is 9.81. The van der Waals surface area contributed by atoms with Crippen molar-refractivity contribution in [2.45, 2.75) is 33.9 Å². The van der Waals surface area contributed by atoms with E-state index in [2.05, 4.69) is 43.2 Å². The first-order chi connectivity index (χ1) is 7.63. The molecule has 17 heavy (non-hydrogen) atoms. The fourth-order valence-corrected chi connectivity index (χ4v) is 1.52. The Hall–Kier alpha value is -0.850. The van der Waals surface area contributed by atoms with Crippen molar-refractivity contribution < 1.29 is 13.2 Å². The van der Waals surface area contributed by atoms with E-state index in [-0.39, 0.29) is 10.5 Å². The van der Waals surface area contributed by atoms with Crippen molar-refractivity contribution in [3.63, 3.8) is 0 Å². The standard InChI is InChI=1S/C10H16F3N3S/c1-6(2)9(3,4)5-14-8-16-15-7(17-8)10(11,12)13/h6H,5H2,1-4H3,(H,14,16). The van der Waals surface area contributed by atoms with E-state index in [1.165, 1.54) is 0 Å². The highest BCUT2D eigenvalue weighted by atomic mass is 32.1. The molecular formula is C10H16F3N3S. The van der Waals surface area contributed by atoms with Gasteiger partial charge in [-0.25, -0.2) is 0 Å². The summed E-state index contributed by atoms with van der Waals surface area (Å²) in [5.74, 6) is 0.421. The normalized spacial score (nSPS) is 13.2. The molecule has 0 saturated heterocycles. The van der Waals surface area contributed by atoms with Gasteiger partial charge in [-0.2, -0.15) is 13.2 Å². The molecule has 0 unspecified atom stereocenters. The Kier molecular flexibility index (Phi) is 4.01. The van der Waals surface area contributed by atoms with Crippen LogP contribution in [0.1, 0.15) is 32.7 Å². The third kappa shape index (κ3) is 3.83. The van der Waals surface area contributed by atoms with Crippen molar-refractivity contribution in [3.05, 3.63) is 5.01 Å². The van der Waals surface area contributed by atoms with Crippen molar-refractivity contribution in [3.8, 4) is 0 Å². The summed E-state index contributed by atoms with van der Waals surface area (Å²) in [6.45, 7) is 8.82. The van der Waals surface area contributed by atoms with E-state index >= 15 is 0 Å². The van der Waals surface area contributed by atoms with Crippen LogP contribution in [0.3, 0.4) is 0 Å². The van der Waals surface area contributed by atoms with E-state index in [9.17, 15) is 13.2 Å². The molecule has 0 bridgehead atoms. The third-order valence-corrected chi connectivity index (χ3v) is 3.85. The topological polar surface area (TPSA) is 37.8 Å². The Morgan fingerprint density at radius 1 is 1.24 bits per heavy atom. The number of hydrogen-bond donors (Lipinski definition) is 1. The average Bonchev–Trinajstić information content (AvgIpc) is 2.62. The van der Waals surface area contributed by atoms with Crippen molar-refractivity contribution in [1.82, 2.24) is 10.2 Å². The van der Waals surface area contributed by atoms with Gasteiger partial charge >= 0.3 is 6.18 Å². The largest absolute Gasteiger partial charge is 0.445 e. The fourth-order valence-electron chi connectivity index (χ4n) is 0.917. The zero-order valence-corrected chi connectivity index (χ0v) is 11.0. The van der Waals surface area contributed by atoms with Gasteiger partial charge in [-0.3, -0.25) is 0 Å². The van der Waals surface area contributed by atoms with Crippen LogP contribution in [0.15, 0.2) is 0 Å². The first kappa shape index (κ1) is 14.2. The number of anilines is 1. The van der Waals surface area contributed by atoms with Gasteiger partial charge < -0.3 is 5.32 Å². The minimum Gasteiger partial charge on any atom is -0.360 e. The number of nitrogens with zero attached hydrogens (tertiary/aromatic N) is 2. The van der Waals surface area contributed by atoms with Crippen molar-refractivity contribution in [1.29, 1.82) is 0 Å². The van der Waals surface area contributed by atoms with Gasteiger partial charge in [0.15, 0.2) is 0 Å². The predicted octanol–water partition coefficient (Wildman–Crippen LogP) is 3.65. The molecule has 0 aliphatic rings. The molecule has 0 aliphatic carbocycles. The number of aromatic nitrogens is 2. The Balaban J connectivity index is 2.63. The zero-order valence-electron chi connectivity index (χ0n) is 10.2. The second-order valence-electron chi connectivity index (χ2n) is 4.91. The number of nitrogens with one attached hydrogen (secondary N) is 1. The second-order valence-corrected chi connectivity index (χ2v) is 5.88. The number of rotatable bonds is 4. The molecule has 0 spiro atoms. The van der Waals surface area contributed by atoms with Crippen LogP contribution in [0.4, 0.5) is 18.3 Å². The summed E-state index contributed by atoms with van der Waals surface area (Å²) in [6, 6.07) is 0. The molecule has 0 aliphatic heterocycles. The Labute approximate surface area is 102 Å². The van der Waals surface area contributed by atoms with Crippen LogP contribution in [-0.4, -0.2) is 16.7 Å². The zero-order chi connectivity index (χ0) is 13.3. The molecule has 98 valence electrons. The summed E-state index contributed by atoms with van der Waals surface area (Å²) in [6.07, 6.45) is -4.41. The van der Waals surface area contributed by atoms with E-state index in [4.69, 9.17) is 0 Å². The summed E-state index contributed by atoms with van der Waals surface area (Å²) in [7, 11) is 0. The Morgan fingerprint density at radius 3 is 2.24 bits per heavy atom. The number of hydrogen-bond acceptors (Lipinski definition) is 4. The SMILES string of the molecule is CC(C)C(C)(C)CNc1nnc(C(F)(F)F)s1. The summed E-state index contributed by atoms with van der Waals surface area (Å²) < 4.78 is 36.9. The van der Waals surface area contributed by atoms with Crippen LogP contribution in [0.2, 0.25) is 0 Å². The van der Waals surface area contributed by atoms with Crippen LogP contribution >= 0.6 is 11.3 Å². The lowest BCUT2D eigenvalue weighted by molar-refractivity contribution is -0.138. The molecule has 0 atom stereocenters. The minimum absolute atomic E-state index is 0.00986. The average molecular weight is 267 g/mol. The first-order valence-corrected chi connectivity index (χ1v) is 6.09. The molecule has 1 aromatic heterocycles. The van der Waals surface area contributed by atoms with Crippen LogP contribution < -0.4 is 5.32 Å². The van der Waals surface area contributed by atoms with Gasteiger partial charge in [0.25, 0.3) is 0 Å². The molecule has 3 nitrogen and oxygen atoms in total. The molecule has 0 saturated carbocycles. The number of alkyl halides is 3. The van der Waals surface area contributed by atoms with Gasteiger partial charge in [0.1, 0.15) is 0 Å². The van der Waals surface area contributed by atoms with Crippen LogP contribution in [0, 0.1) is 11.3 Å². The third-order valence-electron chi connectivity index (χ3n) is 2.93. The van der Waals surface area contributed by atoms with Gasteiger partial charge in [0.05, 0.1) is 0 Å². The smallest absolute Gasteiger partial charge is 0.360 e. The van der Waals surface area contributed by atoms with Crippen molar-refractivity contribution >= 4 is 16.5 Å². The molecule has 0 radical (unpaired) electrons. The van der Waals surface area contributed by atoms with E-state index in [1.54, 1.807) is 0 Å². The summed E-state index contributed by atoms with van der Waals surface area (Å²) >= 11 is 0.534. The van der Waals surface area contributed by atoms with E-state index in [1.807, 2.05) is 0 Å². The quantitative estimate of drug-likeness (QED) is 0.904. The molecule has 1 heterocycles. The molecule has 0 fully saturated rings. The highest BCUT2D eigenvalue weighted by molar-refractivity contribution is 7.15. The molecule has 0 aromatic carbocycles. The van der Waals surface area contributed by atoms with E-state index < -0.39 is 11.2 Å². The molecule has 7 heteroatoms. The maximum Gasteiger partial charge on any atom is 0.445 e. The Morgan fingerprint density at radius 2 is 1.82 bits per heavy atom. The van der Waals surface area contributed by atoms with Gasteiger partial charge in [-0.15, -0.1) is 10.2 Å². The maximum atomic E-state index is 12.3. The lowest BCUT2D eigenvalue weighted by Crippen LogP contribution is -2.28. The fraction of sp³-hybridized carbons (Fsp3) is 0.800. The summed E-state index contributed by atoms with van der Waals surface area (Å²) in [5, 5.41) is 8.80. The van der Waals surface area contributed by atoms with E-state index in [0.29, 0.717) is 23.8 Å². The monoisotopic (exact) mass is 267 g/mol. The van der Waals surface area contributed by atoms with Gasteiger partial charge in [0.2, 0.25) is 10.1 Å². The van der Waals surface area contributed by atoms with Gasteiger partial charge in [-0.1, -0.05) is 39.0 Å². The van der Waals surface area contributed by atoms with Gasteiger partial charge in [0, 0.05) is 6.54 Å². The van der Waals surface area contributed by atoms with Crippen molar-refractivity contribution in [2.24, 2.45) is 11.3 Å². The van der Waals surface area contributed by atoms with Crippen molar-refractivity contribution in [2.75, 3.05) is 11.9 Å². The first-order valence-electron chi connectivity index (χ1n) is 5.27. The van der Waals surface area contributed by atoms with Crippen LogP contribution in [-0.2, 0) is 6.18 Å². The molecule has 1 N–H and O–H groups in total. The molecular weight excluding hydrogens is 251 g/mol. The predicted molar refractivity (Wildman–Crippen MR) is 62.0 cm³/mol. The maximum absolute atomic E-state index is 12.3. The highest BCUT2D eigenvalue weighted by Crippen LogP contribution is 2.33. The Bertz CT molecular complexity index is 371. The van der Waals surface area contributed by atoms with E-state index in [0.717, 1.165) is 0 Å². The summed E-state index contributed by atoms with van der Waals surface area (Å²) in [4.78, 5) is 0. The van der Waals surface area contributed by atoms with Crippen LogP contribution in [0.5, 0.6) is 0 Å². The highest BCUT2D eigenvalue weighted by Gasteiger charge is 2.35. The number of halogens is 3. The van der Waals surface area contributed by atoms with Crippen LogP contribution in [0.25, 0.3) is 0 Å². The molecule has 1 rings (SSSR count). The minimum atomic E-state index is -4.41. The summed E-state index contributed by atoms with van der Waals surface area (Å²) in [5.41, 5.74) is -0.00986.